The summed E-state index contributed by atoms with van der Waals surface area (Å²) in [6.07, 6.45) is 2.86. The van der Waals surface area contributed by atoms with Gasteiger partial charge < -0.3 is 4.74 Å². The van der Waals surface area contributed by atoms with Crippen LogP contribution >= 0.6 is 11.6 Å². The van der Waals surface area contributed by atoms with Gasteiger partial charge in [-0.3, -0.25) is 14.6 Å². The number of ether oxygens (including phenoxy) is 1. The number of nitrogens with zero attached hydrogens (tertiary/aromatic N) is 4. The van der Waals surface area contributed by atoms with Crippen LogP contribution in [0.4, 0.5) is 0 Å². The van der Waals surface area contributed by atoms with E-state index in [0.29, 0.717) is 6.61 Å². The molecule has 0 unspecified atom stereocenters. The SMILES string of the molecule is Cc1nn(C)cc1CN1CCO[C@@H](c2cccc(Cc3cccc(Cl)c3)n2)C1. The monoisotopic (exact) mass is 396 g/mol. The van der Waals surface area contributed by atoms with E-state index < -0.39 is 0 Å². The molecule has 2 aromatic heterocycles. The molecule has 1 saturated heterocycles. The lowest BCUT2D eigenvalue weighted by molar-refractivity contribution is -0.0351. The van der Waals surface area contributed by atoms with E-state index in [1.54, 1.807) is 0 Å². The Balaban J connectivity index is 1.45. The standard InChI is InChI=1S/C22H25ClN4O/c1-16-18(13-26(2)25-16)14-27-9-10-28-22(15-27)21-8-4-7-20(24-21)12-17-5-3-6-19(23)11-17/h3-8,11,13,22H,9-10,12,14-15H2,1-2H3/t22-/m1/s1. The summed E-state index contributed by atoms with van der Waals surface area (Å²) < 4.78 is 7.92. The van der Waals surface area contributed by atoms with Gasteiger partial charge in [0.2, 0.25) is 0 Å². The molecular weight excluding hydrogens is 372 g/mol. The van der Waals surface area contributed by atoms with Crippen molar-refractivity contribution in [2.75, 3.05) is 19.7 Å². The lowest BCUT2D eigenvalue weighted by atomic mass is 10.1. The average Bonchev–Trinajstić information content (AvgIpc) is 2.99. The summed E-state index contributed by atoms with van der Waals surface area (Å²) in [4.78, 5) is 7.29. The van der Waals surface area contributed by atoms with Crippen LogP contribution in [0.5, 0.6) is 0 Å². The van der Waals surface area contributed by atoms with Gasteiger partial charge in [-0.2, -0.15) is 5.10 Å². The second-order valence-corrected chi connectivity index (χ2v) is 7.80. The fourth-order valence-electron chi connectivity index (χ4n) is 3.70. The zero-order chi connectivity index (χ0) is 19.5. The lowest BCUT2D eigenvalue weighted by Gasteiger charge is -2.32. The minimum atomic E-state index is -0.00922. The van der Waals surface area contributed by atoms with Crippen LogP contribution in [0.1, 0.15) is 34.3 Å². The molecule has 3 heterocycles. The van der Waals surface area contributed by atoms with Gasteiger partial charge in [-0.25, -0.2) is 0 Å². The maximum Gasteiger partial charge on any atom is 0.112 e. The van der Waals surface area contributed by atoms with Gasteiger partial charge in [0.1, 0.15) is 6.10 Å². The molecule has 0 radical (unpaired) electrons. The van der Waals surface area contributed by atoms with E-state index in [1.807, 2.05) is 29.9 Å². The van der Waals surface area contributed by atoms with Gasteiger partial charge in [0.25, 0.3) is 0 Å². The van der Waals surface area contributed by atoms with Crippen molar-refractivity contribution >= 4 is 11.6 Å². The third kappa shape index (κ3) is 4.61. The normalized spacial score (nSPS) is 17.8. The molecule has 6 heteroatoms. The molecule has 1 fully saturated rings. The molecule has 4 rings (SSSR count). The Hall–Kier alpha value is -2.21. The summed E-state index contributed by atoms with van der Waals surface area (Å²) in [5.74, 6) is 0. The number of hydrogen-bond donors (Lipinski definition) is 0. The van der Waals surface area contributed by atoms with E-state index in [9.17, 15) is 0 Å². The lowest BCUT2D eigenvalue weighted by Crippen LogP contribution is -2.38. The zero-order valence-corrected chi connectivity index (χ0v) is 17.1. The molecule has 1 aromatic carbocycles. The number of hydrogen-bond acceptors (Lipinski definition) is 4. The van der Waals surface area contributed by atoms with Gasteiger partial charge in [-0.1, -0.05) is 29.8 Å². The Morgan fingerprint density at radius 2 is 2.07 bits per heavy atom. The van der Waals surface area contributed by atoms with Crippen molar-refractivity contribution < 1.29 is 4.74 Å². The third-order valence-electron chi connectivity index (χ3n) is 5.09. The predicted octanol–water partition coefficient (Wildman–Crippen LogP) is 3.94. The maximum absolute atomic E-state index is 6.11. The Labute approximate surface area is 170 Å². The highest BCUT2D eigenvalue weighted by Gasteiger charge is 2.24. The number of halogens is 1. The first-order valence-electron chi connectivity index (χ1n) is 9.60. The zero-order valence-electron chi connectivity index (χ0n) is 16.3. The van der Waals surface area contributed by atoms with Gasteiger partial charge in [0, 0.05) is 55.6 Å². The third-order valence-corrected chi connectivity index (χ3v) is 5.33. The van der Waals surface area contributed by atoms with E-state index in [-0.39, 0.29) is 6.10 Å². The molecule has 0 bridgehead atoms. The molecule has 28 heavy (non-hydrogen) atoms. The number of aryl methyl sites for hydroxylation is 2. The molecule has 0 aliphatic carbocycles. The maximum atomic E-state index is 6.11. The summed E-state index contributed by atoms with van der Waals surface area (Å²) in [5.41, 5.74) is 5.55. The van der Waals surface area contributed by atoms with Crippen LogP contribution in [0.25, 0.3) is 0 Å². The van der Waals surface area contributed by atoms with Crippen LogP contribution < -0.4 is 0 Å². The fourth-order valence-corrected chi connectivity index (χ4v) is 3.91. The van der Waals surface area contributed by atoms with Gasteiger partial charge in [-0.05, 0) is 36.8 Å². The van der Waals surface area contributed by atoms with E-state index in [0.717, 1.165) is 53.7 Å². The molecular formula is C22H25ClN4O. The molecule has 0 spiro atoms. The largest absolute Gasteiger partial charge is 0.369 e. The average molecular weight is 397 g/mol. The summed E-state index contributed by atoms with van der Waals surface area (Å²) in [7, 11) is 1.97. The Morgan fingerprint density at radius 3 is 2.86 bits per heavy atom. The minimum Gasteiger partial charge on any atom is -0.369 e. The van der Waals surface area contributed by atoms with E-state index in [2.05, 4.69) is 47.4 Å². The summed E-state index contributed by atoms with van der Waals surface area (Å²) in [6.45, 7) is 5.43. The van der Waals surface area contributed by atoms with Crippen molar-refractivity contribution in [3.05, 3.63) is 81.9 Å². The molecule has 5 nitrogen and oxygen atoms in total. The van der Waals surface area contributed by atoms with Gasteiger partial charge in [0.15, 0.2) is 0 Å². The van der Waals surface area contributed by atoms with Crippen molar-refractivity contribution in [2.24, 2.45) is 7.05 Å². The first-order valence-corrected chi connectivity index (χ1v) is 9.98. The quantitative estimate of drug-likeness (QED) is 0.655. The highest BCUT2D eigenvalue weighted by atomic mass is 35.5. The number of pyridine rings is 1. The summed E-state index contributed by atoms with van der Waals surface area (Å²) >= 11 is 6.11. The van der Waals surface area contributed by atoms with Crippen LogP contribution in [-0.4, -0.2) is 39.4 Å². The molecule has 1 aliphatic heterocycles. The number of rotatable bonds is 5. The Kier molecular flexibility index (Phi) is 5.76. The first kappa shape index (κ1) is 19.1. The highest BCUT2D eigenvalue weighted by Crippen LogP contribution is 2.23. The van der Waals surface area contributed by atoms with E-state index in [1.165, 1.54) is 5.56 Å². The second-order valence-electron chi connectivity index (χ2n) is 7.37. The van der Waals surface area contributed by atoms with Crippen LogP contribution in [0.2, 0.25) is 5.02 Å². The van der Waals surface area contributed by atoms with E-state index in [4.69, 9.17) is 21.3 Å². The van der Waals surface area contributed by atoms with Gasteiger partial charge in [-0.15, -0.1) is 0 Å². The fraction of sp³-hybridized carbons (Fsp3) is 0.364. The highest BCUT2D eigenvalue weighted by molar-refractivity contribution is 6.30. The molecule has 1 aliphatic rings. The summed E-state index contributed by atoms with van der Waals surface area (Å²) in [6, 6.07) is 14.1. The number of aromatic nitrogens is 3. The van der Waals surface area contributed by atoms with Crippen molar-refractivity contribution in [3.8, 4) is 0 Å². The van der Waals surface area contributed by atoms with Crippen molar-refractivity contribution in [1.29, 1.82) is 0 Å². The number of morpholine rings is 1. The van der Waals surface area contributed by atoms with Gasteiger partial charge >= 0.3 is 0 Å². The summed E-state index contributed by atoms with van der Waals surface area (Å²) in [5, 5.41) is 5.20. The van der Waals surface area contributed by atoms with E-state index >= 15 is 0 Å². The molecule has 0 saturated carbocycles. The van der Waals surface area contributed by atoms with Crippen molar-refractivity contribution in [3.63, 3.8) is 0 Å². The molecule has 0 N–H and O–H groups in total. The molecule has 1 atom stereocenters. The second kappa shape index (κ2) is 8.43. The smallest absolute Gasteiger partial charge is 0.112 e. The molecule has 3 aromatic rings. The Morgan fingerprint density at radius 1 is 1.21 bits per heavy atom. The Bertz CT molecular complexity index is 955. The van der Waals surface area contributed by atoms with Crippen LogP contribution in [0, 0.1) is 6.92 Å². The molecule has 0 amide bonds. The minimum absolute atomic E-state index is 0.00922. The first-order chi connectivity index (χ1) is 13.6. The number of benzene rings is 1. The van der Waals surface area contributed by atoms with Crippen LogP contribution in [0.3, 0.4) is 0 Å². The van der Waals surface area contributed by atoms with Crippen molar-refractivity contribution in [2.45, 2.75) is 26.0 Å². The molecule has 146 valence electrons. The van der Waals surface area contributed by atoms with Crippen LogP contribution in [-0.2, 0) is 24.8 Å². The van der Waals surface area contributed by atoms with Crippen molar-refractivity contribution in [1.82, 2.24) is 19.7 Å². The predicted molar refractivity (Wildman–Crippen MR) is 110 cm³/mol. The topological polar surface area (TPSA) is 43.2 Å². The van der Waals surface area contributed by atoms with Gasteiger partial charge in [0.05, 0.1) is 18.0 Å². The van der Waals surface area contributed by atoms with Crippen LogP contribution in [0.15, 0.2) is 48.7 Å².